The summed E-state index contributed by atoms with van der Waals surface area (Å²) in [7, 11) is -3.26. The number of carbonyl (C=O) groups excluding carboxylic acids is 2. The van der Waals surface area contributed by atoms with Gasteiger partial charge in [0.1, 0.15) is 0 Å². The zero-order valence-corrected chi connectivity index (χ0v) is 12.1. The lowest BCUT2D eigenvalue weighted by atomic mass is 10.0. The predicted octanol–water partition coefficient (Wildman–Crippen LogP) is -0.115. The van der Waals surface area contributed by atoms with Crippen LogP contribution >= 0.6 is 0 Å². The zero-order chi connectivity index (χ0) is 14.3. The van der Waals surface area contributed by atoms with E-state index in [2.05, 4.69) is 5.32 Å². The molecule has 0 atom stereocenters. The van der Waals surface area contributed by atoms with Gasteiger partial charge in [0, 0.05) is 13.1 Å². The van der Waals surface area contributed by atoms with E-state index in [1.807, 2.05) is 0 Å². The Hall–Kier alpha value is -1.15. The quantitative estimate of drug-likeness (QED) is 0.737. The average Bonchev–Trinajstić information content (AvgIpc) is 2.70. The van der Waals surface area contributed by atoms with E-state index in [1.165, 1.54) is 4.31 Å². The van der Waals surface area contributed by atoms with Crippen molar-refractivity contribution in [2.24, 2.45) is 0 Å². The van der Waals surface area contributed by atoms with Crippen LogP contribution in [0.1, 0.15) is 32.1 Å². The maximum absolute atomic E-state index is 12.4. The van der Waals surface area contributed by atoms with E-state index >= 15 is 0 Å². The number of rotatable bonds is 3. The van der Waals surface area contributed by atoms with Crippen molar-refractivity contribution in [3.8, 4) is 0 Å². The molecule has 2 heterocycles. The third-order valence-electron chi connectivity index (χ3n) is 4.41. The zero-order valence-electron chi connectivity index (χ0n) is 11.2. The molecule has 0 radical (unpaired) electrons. The molecule has 0 aromatic carbocycles. The van der Waals surface area contributed by atoms with Crippen LogP contribution in [0.25, 0.3) is 0 Å². The van der Waals surface area contributed by atoms with Gasteiger partial charge in [-0.25, -0.2) is 13.2 Å². The van der Waals surface area contributed by atoms with E-state index in [4.69, 9.17) is 0 Å². The van der Waals surface area contributed by atoms with Crippen LogP contribution in [0.4, 0.5) is 4.79 Å². The van der Waals surface area contributed by atoms with Gasteiger partial charge in [0.2, 0.25) is 15.9 Å². The molecule has 0 unspecified atom stereocenters. The van der Waals surface area contributed by atoms with Crippen molar-refractivity contribution in [3.63, 3.8) is 0 Å². The second-order valence-corrected chi connectivity index (χ2v) is 7.91. The highest BCUT2D eigenvalue weighted by atomic mass is 32.2. The number of urea groups is 1. The van der Waals surface area contributed by atoms with Crippen molar-refractivity contribution in [2.45, 2.75) is 43.4 Å². The number of sulfonamides is 1. The molecule has 7 nitrogen and oxygen atoms in total. The van der Waals surface area contributed by atoms with Gasteiger partial charge in [-0.2, -0.15) is 4.31 Å². The van der Waals surface area contributed by atoms with Gasteiger partial charge < -0.3 is 5.32 Å². The van der Waals surface area contributed by atoms with Crippen molar-refractivity contribution in [2.75, 3.05) is 19.6 Å². The van der Waals surface area contributed by atoms with Gasteiger partial charge in [-0.15, -0.1) is 0 Å². The lowest BCUT2D eigenvalue weighted by Crippen LogP contribution is -2.63. The molecule has 3 aliphatic rings. The van der Waals surface area contributed by atoms with Gasteiger partial charge in [-0.1, -0.05) is 19.3 Å². The van der Waals surface area contributed by atoms with Crippen LogP contribution in [0.15, 0.2) is 0 Å². The molecule has 3 fully saturated rings. The lowest BCUT2D eigenvalue weighted by molar-refractivity contribution is -0.128. The summed E-state index contributed by atoms with van der Waals surface area (Å²) in [5.74, 6) is -0.269. The first-order valence-corrected chi connectivity index (χ1v) is 8.59. The predicted molar refractivity (Wildman–Crippen MR) is 71.4 cm³/mol. The second kappa shape index (κ2) is 5.00. The molecular weight excluding hydrogens is 282 g/mol. The Bertz CT molecular complexity index is 505. The summed E-state index contributed by atoms with van der Waals surface area (Å²) in [6.07, 6.45) is 4.50. The first-order chi connectivity index (χ1) is 9.50. The van der Waals surface area contributed by atoms with Crippen molar-refractivity contribution >= 4 is 22.0 Å². The fraction of sp³-hybridized carbons (Fsp3) is 0.833. The summed E-state index contributed by atoms with van der Waals surface area (Å²) < 4.78 is 26.2. The molecule has 0 aromatic rings. The van der Waals surface area contributed by atoms with Crippen LogP contribution in [0.5, 0.6) is 0 Å². The van der Waals surface area contributed by atoms with Crippen LogP contribution in [-0.4, -0.2) is 60.5 Å². The average molecular weight is 301 g/mol. The van der Waals surface area contributed by atoms with Gasteiger partial charge >= 0.3 is 6.03 Å². The minimum Gasteiger partial charge on any atom is -0.329 e. The largest absolute Gasteiger partial charge is 0.329 e. The van der Waals surface area contributed by atoms with E-state index in [-0.39, 0.29) is 36.8 Å². The molecule has 3 amide bonds. The van der Waals surface area contributed by atoms with Crippen molar-refractivity contribution in [1.82, 2.24) is 14.5 Å². The molecular formula is C12H19N3O4S. The van der Waals surface area contributed by atoms with Crippen molar-refractivity contribution < 1.29 is 18.0 Å². The Morgan fingerprint density at radius 2 is 1.70 bits per heavy atom. The molecule has 0 bridgehead atoms. The summed E-state index contributed by atoms with van der Waals surface area (Å²) in [5.41, 5.74) is 0. The number of carbonyl (C=O) groups is 2. The molecule has 8 heteroatoms. The minimum atomic E-state index is -3.26. The molecule has 0 spiro atoms. The smallest absolute Gasteiger partial charge is 0.324 e. The number of nitrogens with zero attached hydrogens (tertiary/aromatic N) is 2. The van der Waals surface area contributed by atoms with E-state index in [0.717, 1.165) is 37.0 Å². The minimum absolute atomic E-state index is 0.0186. The fourth-order valence-electron chi connectivity index (χ4n) is 3.17. The highest BCUT2D eigenvalue weighted by Crippen LogP contribution is 2.30. The Morgan fingerprint density at radius 1 is 1.05 bits per heavy atom. The first kappa shape index (κ1) is 13.8. The molecule has 1 N–H and O–H groups in total. The molecule has 2 saturated heterocycles. The maximum atomic E-state index is 12.4. The Kier molecular flexibility index (Phi) is 3.45. The lowest BCUT2D eigenvalue weighted by Gasteiger charge is -2.43. The number of hydrogen-bond acceptors (Lipinski definition) is 4. The van der Waals surface area contributed by atoms with Crippen LogP contribution < -0.4 is 5.32 Å². The number of nitrogens with one attached hydrogen (secondary N) is 1. The monoisotopic (exact) mass is 301 g/mol. The fourth-order valence-corrected chi connectivity index (χ4v) is 5.28. The summed E-state index contributed by atoms with van der Waals surface area (Å²) in [6.45, 7) is 0.515. The van der Waals surface area contributed by atoms with Gasteiger partial charge in [0.25, 0.3) is 0 Å². The van der Waals surface area contributed by atoms with Crippen LogP contribution in [0.2, 0.25) is 0 Å². The molecule has 0 aromatic heterocycles. The standard InChI is InChI=1S/C12H19N3O4S/c16-11-6-13-12(17)15(11)9-7-14(8-9)20(18,19)10-4-2-1-3-5-10/h9-10H,1-8H2,(H,13,17). The van der Waals surface area contributed by atoms with Gasteiger partial charge in [0.05, 0.1) is 17.8 Å². The van der Waals surface area contributed by atoms with Crippen molar-refractivity contribution in [1.29, 1.82) is 0 Å². The van der Waals surface area contributed by atoms with Gasteiger partial charge in [-0.05, 0) is 12.8 Å². The summed E-state index contributed by atoms with van der Waals surface area (Å²) in [4.78, 5) is 24.2. The van der Waals surface area contributed by atoms with E-state index in [1.54, 1.807) is 0 Å². The van der Waals surface area contributed by atoms with E-state index in [9.17, 15) is 18.0 Å². The van der Waals surface area contributed by atoms with Crippen molar-refractivity contribution in [3.05, 3.63) is 0 Å². The molecule has 1 saturated carbocycles. The van der Waals surface area contributed by atoms with Gasteiger partial charge in [0.15, 0.2) is 0 Å². The SMILES string of the molecule is O=C1CNC(=O)N1C1CN(S(=O)(=O)C2CCCCC2)C1. The number of imide groups is 1. The van der Waals surface area contributed by atoms with Crippen LogP contribution in [0.3, 0.4) is 0 Å². The Morgan fingerprint density at radius 3 is 2.25 bits per heavy atom. The normalized spacial score (nSPS) is 26.7. The Labute approximate surface area is 118 Å². The van der Waals surface area contributed by atoms with Crippen LogP contribution in [0, 0.1) is 0 Å². The topological polar surface area (TPSA) is 86.8 Å². The molecule has 1 aliphatic carbocycles. The molecule has 3 rings (SSSR count). The third kappa shape index (κ3) is 2.20. The first-order valence-electron chi connectivity index (χ1n) is 7.09. The third-order valence-corrected chi connectivity index (χ3v) is 6.74. The summed E-state index contributed by atoms with van der Waals surface area (Å²) in [5, 5.41) is 2.18. The molecule has 20 heavy (non-hydrogen) atoms. The summed E-state index contributed by atoms with van der Waals surface area (Å²) >= 11 is 0. The second-order valence-electron chi connectivity index (χ2n) is 5.70. The summed E-state index contributed by atoms with van der Waals surface area (Å²) in [6, 6.07) is -0.710. The van der Waals surface area contributed by atoms with Gasteiger partial charge in [-0.3, -0.25) is 9.69 Å². The number of amides is 3. The highest BCUT2D eigenvalue weighted by molar-refractivity contribution is 7.89. The maximum Gasteiger partial charge on any atom is 0.324 e. The molecule has 112 valence electrons. The van der Waals surface area contributed by atoms with E-state index < -0.39 is 16.1 Å². The van der Waals surface area contributed by atoms with Crippen LogP contribution in [-0.2, 0) is 14.8 Å². The molecule has 2 aliphatic heterocycles. The number of hydrogen-bond donors (Lipinski definition) is 1. The van der Waals surface area contributed by atoms with E-state index in [0.29, 0.717) is 0 Å². The Balaban J connectivity index is 1.62. The highest BCUT2D eigenvalue weighted by Gasteiger charge is 2.47.